The smallest absolute Gasteiger partial charge is 0.339 e. The van der Waals surface area contributed by atoms with Crippen LogP contribution in [-0.4, -0.2) is 39.0 Å². The molecule has 0 saturated heterocycles. The first-order valence-corrected chi connectivity index (χ1v) is 6.35. The quantitative estimate of drug-likeness (QED) is 0.798. The van der Waals surface area contributed by atoms with Crippen LogP contribution in [0.15, 0.2) is 6.20 Å². The van der Waals surface area contributed by atoms with Crippen molar-refractivity contribution in [2.75, 3.05) is 7.11 Å². The van der Waals surface area contributed by atoms with Gasteiger partial charge in [0.2, 0.25) is 0 Å². The third kappa shape index (κ3) is 2.93. The summed E-state index contributed by atoms with van der Waals surface area (Å²) in [7, 11) is 3.06. The van der Waals surface area contributed by atoms with Gasteiger partial charge in [-0.3, -0.25) is 9.48 Å². The largest absolute Gasteiger partial charge is 0.465 e. The molecule has 2 aromatic rings. The zero-order valence-electron chi connectivity index (χ0n) is 12.4. The van der Waals surface area contributed by atoms with E-state index >= 15 is 0 Å². The number of H-pyrrole nitrogens is 1. The van der Waals surface area contributed by atoms with Gasteiger partial charge in [0.25, 0.3) is 5.91 Å². The van der Waals surface area contributed by atoms with Crippen LogP contribution in [-0.2, 0) is 18.3 Å². The van der Waals surface area contributed by atoms with Crippen molar-refractivity contribution in [3.05, 3.63) is 34.4 Å². The summed E-state index contributed by atoms with van der Waals surface area (Å²) in [5.74, 6) is -0.773. The molecule has 0 aromatic carbocycles. The first-order chi connectivity index (χ1) is 9.93. The van der Waals surface area contributed by atoms with Gasteiger partial charge in [-0.25, -0.2) is 4.79 Å². The lowest BCUT2D eigenvalue weighted by Crippen LogP contribution is -2.24. The zero-order chi connectivity index (χ0) is 15.6. The molecule has 0 radical (unpaired) electrons. The van der Waals surface area contributed by atoms with Gasteiger partial charge in [-0.15, -0.1) is 5.10 Å². The fraction of sp³-hybridized carbons (Fsp3) is 0.385. The second-order valence-electron chi connectivity index (χ2n) is 4.68. The lowest BCUT2D eigenvalue weighted by Gasteiger charge is -2.03. The number of hydrogen-bond acceptors (Lipinski definition) is 5. The van der Waals surface area contributed by atoms with Crippen LogP contribution < -0.4 is 5.32 Å². The molecule has 0 aliphatic carbocycles. The standard InChI is InChI=1S/C13H17N5O3/c1-7-10(13(20)21-4)8(2)15-11(7)12(19)14-5-9-6-18(3)17-16-9/h6,15H,5H2,1-4H3,(H,14,19). The number of nitrogens with one attached hydrogen (secondary N) is 2. The average Bonchev–Trinajstić information content (AvgIpc) is 2.99. The molecule has 21 heavy (non-hydrogen) atoms. The molecule has 0 aliphatic heterocycles. The summed E-state index contributed by atoms with van der Waals surface area (Å²) in [6.45, 7) is 3.68. The second kappa shape index (κ2) is 5.78. The fourth-order valence-corrected chi connectivity index (χ4v) is 2.12. The highest BCUT2D eigenvalue weighted by Crippen LogP contribution is 2.18. The molecule has 0 saturated carbocycles. The Kier molecular flexibility index (Phi) is 4.06. The lowest BCUT2D eigenvalue weighted by molar-refractivity contribution is 0.0599. The summed E-state index contributed by atoms with van der Waals surface area (Å²) < 4.78 is 6.27. The van der Waals surface area contributed by atoms with Crippen LogP contribution in [0.5, 0.6) is 0 Å². The minimum atomic E-state index is -0.464. The zero-order valence-corrected chi connectivity index (χ0v) is 12.4. The third-order valence-corrected chi connectivity index (χ3v) is 3.13. The van der Waals surface area contributed by atoms with E-state index in [1.165, 1.54) is 7.11 Å². The van der Waals surface area contributed by atoms with Crippen LogP contribution >= 0.6 is 0 Å². The van der Waals surface area contributed by atoms with E-state index in [1.807, 2.05) is 0 Å². The maximum absolute atomic E-state index is 12.2. The Labute approximate surface area is 121 Å². The van der Waals surface area contributed by atoms with Gasteiger partial charge in [0.1, 0.15) is 11.4 Å². The van der Waals surface area contributed by atoms with Crippen molar-refractivity contribution in [3.8, 4) is 0 Å². The summed E-state index contributed by atoms with van der Waals surface area (Å²) in [5, 5.41) is 10.4. The van der Waals surface area contributed by atoms with Crippen LogP contribution in [0.1, 0.15) is 37.8 Å². The topological polar surface area (TPSA) is 102 Å². The summed E-state index contributed by atoms with van der Waals surface area (Å²) in [6.07, 6.45) is 1.72. The van der Waals surface area contributed by atoms with Gasteiger partial charge in [-0.2, -0.15) is 0 Å². The third-order valence-electron chi connectivity index (χ3n) is 3.13. The van der Waals surface area contributed by atoms with Gasteiger partial charge in [-0.05, 0) is 19.4 Å². The summed E-state index contributed by atoms with van der Waals surface area (Å²) in [5.41, 5.74) is 2.55. The number of methoxy groups -OCH3 is 1. The second-order valence-corrected chi connectivity index (χ2v) is 4.68. The number of aromatic nitrogens is 4. The Morgan fingerprint density at radius 1 is 1.43 bits per heavy atom. The maximum Gasteiger partial charge on any atom is 0.339 e. The van der Waals surface area contributed by atoms with E-state index in [-0.39, 0.29) is 12.5 Å². The molecule has 8 nitrogen and oxygen atoms in total. The molecule has 2 rings (SSSR count). The lowest BCUT2D eigenvalue weighted by atomic mass is 10.1. The van der Waals surface area contributed by atoms with Crippen molar-refractivity contribution >= 4 is 11.9 Å². The van der Waals surface area contributed by atoms with Crippen LogP contribution in [0.3, 0.4) is 0 Å². The van der Waals surface area contributed by atoms with Gasteiger partial charge >= 0.3 is 5.97 Å². The molecule has 2 heterocycles. The average molecular weight is 291 g/mol. The number of aryl methyl sites for hydroxylation is 2. The molecular weight excluding hydrogens is 274 g/mol. The van der Waals surface area contributed by atoms with Gasteiger partial charge in [-0.1, -0.05) is 5.21 Å². The van der Waals surface area contributed by atoms with Crippen molar-refractivity contribution in [1.82, 2.24) is 25.3 Å². The van der Waals surface area contributed by atoms with E-state index < -0.39 is 5.97 Å². The van der Waals surface area contributed by atoms with Gasteiger partial charge in [0.15, 0.2) is 0 Å². The van der Waals surface area contributed by atoms with Crippen molar-refractivity contribution in [3.63, 3.8) is 0 Å². The van der Waals surface area contributed by atoms with E-state index in [0.717, 1.165) is 0 Å². The molecule has 8 heteroatoms. The Morgan fingerprint density at radius 2 is 2.14 bits per heavy atom. The summed E-state index contributed by atoms with van der Waals surface area (Å²) in [6, 6.07) is 0. The van der Waals surface area contributed by atoms with Crippen molar-refractivity contribution < 1.29 is 14.3 Å². The predicted molar refractivity (Wildman–Crippen MR) is 73.8 cm³/mol. The molecule has 0 atom stereocenters. The number of ether oxygens (including phenoxy) is 1. The van der Waals surface area contributed by atoms with E-state index in [2.05, 4.69) is 20.6 Å². The molecular formula is C13H17N5O3. The minimum Gasteiger partial charge on any atom is -0.465 e. The highest BCUT2D eigenvalue weighted by atomic mass is 16.5. The fourth-order valence-electron chi connectivity index (χ4n) is 2.12. The number of nitrogens with zero attached hydrogens (tertiary/aromatic N) is 3. The number of carbonyl (C=O) groups is 2. The molecule has 112 valence electrons. The monoisotopic (exact) mass is 291 g/mol. The number of rotatable bonds is 4. The van der Waals surface area contributed by atoms with Crippen molar-refractivity contribution in [2.24, 2.45) is 7.05 Å². The first kappa shape index (κ1) is 14.8. The van der Waals surface area contributed by atoms with E-state index in [0.29, 0.717) is 28.2 Å². The molecule has 0 aliphatic rings. The van der Waals surface area contributed by atoms with Crippen LogP contribution in [0, 0.1) is 13.8 Å². The van der Waals surface area contributed by atoms with Gasteiger partial charge in [0.05, 0.1) is 19.2 Å². The predicted octanol–water partition coefficient (Wildman–Crippen LogP) is 0.477. The van der Waals surface area contributed by atoms with E-state index in [9.17, 15) is 9.59 Å². The SMILES string of the molecule is COC(=O)c1c(C)[nH]c(C(=O)NCc2cn(C)nn2)c1C. The highest BCUT2D eigenvalue weighted by Gasteiger charge is 2.22. The molecule has 1 amide bonds. The molecule has 2 aromatic heterocycles. The van der Waals surface area contributed by atoms with Gasteiger partial charge in [0, 0.05) is 18.9 Å². The van der Waals surface area contributed by atoms with E-state index in [1.54, 1.807) is 31.8 Å². The Hall–Kier alpha value is -2.64. The summed E-state index contributed by atoms with van der Waals surface area (Å²) in [4.78, 5) is 26.8. The number of esters is 1. The molecule has 0 unspecified atom stereocenters. The maximum atomic E-state index is 12.2. The number of hydrogen-bond donors (Lipinski definition) is 2. The molecule has 0 fully saturated rings. The van der Waals surface area contributed by atoms with Crippen LogP contribution in [0.4, 0.5) is 0 Å². The van der Waals surface area contributed by atoms with Crippen LogP contribution in [0.2, 0.25) is 0 Å². The normalized spacial score (nSPS) is 10.5. The minimum absolute atomic E-state index is 0.262. The number of amides is 1. The van der Waals surface area contributed by atoms with Crippen molar-refractivity contribution in [1.29, 1.82) is 0 Å². The first-order valence-electron chi connectivity index (χ1n) is 6.35. The Bertz CT molecular complexity index is 686. The molecule has 0 bridgehead atoms. The molecule has 2 N–H and O–H groups in total. The van der Waals surface area contributed by atoms with Gasteiger partial charge < -0.3 is 15.0 Å². The summed E-state index contributed by atoms with van der Waals surface area (Å²) >= 11 is 0. The van der Waals surface area contributed by atoms with E-state index in [4.69, 9.17) is 4.74 Å². The highest BCUT2D eigenvalue weighted by molar-refractivity contribution is 6.00. The Morgan fingerprint density at radius 3 is 2.71 bits per heavy atom. The molecule has 0 spiro atoms. The van der Waals surface area contributed by atoms with Crippen LogP contribution in [0.25, 0.3) is 0 Å². The van der Waals surface area contributed by atoms with Crippen molar-refractivity contribution in [2.45, 2.75) is 20.4 Å². The number of carbonyl (C=O) groups excluding carboxylic acids is 2. The Balaban J connectivity index is 2.14. The number of aromatic amines is 1.